The summed E-state index contributed by atoms with van der Waals surface area (Å²) in [5, 5.41) is 12.0. The van der Waals surface area contributed by atoms with E-state index in [0.29, 0.717) is 27.2 Å². The number of rotatable bonds is 4. The van der Waals surface area contributed by atoms with Gasteiger partial charge < -0.3 is 5.11 Å². The predicted molar refractivity (Wildman–Crippen MR) is 106 cm³/mol. The zero-order valence-corrected chi connectivity index (χ0v) is 16.1. The van der Waals surface area contributed by atoms with E-state index in [4.69, 9.17) is 11.6 Å². The second kappa shape index (κ2) is 6.53. The minimum atomic E-state index is -4.14. The van der Waals surface area contributed by atoms with Gasteiger partial charge in [-0.3, -0.25) is 0 Å². The van der Waals surface area contributed by atoms with E-state index in [1.165, 1.54) is 15.4 Å². The van der Waals surface area contributed by atoms with E-state index in [2.05, 4.69) is 0 Å². The van der Waals surface area contributed by atoms with Gasteiger partial charge in [-0.05, 0) is 41.3 Å². The highest BCUT2D eigenvalue weighted by atomic mass is 35.5. The number of nitrogens with zero attached hydrogens (tertiary/aromatic N) is 1. The van der Waals surface area contributed by atoms with E-state index < -0.39 is 16.0 Å². The van der Waals surface area contributed by atoms with Crippen molar-refractivity contribution in [3.8, 4) is 11.3 Å². The molecule has 0 amide bonds. The van der Waals surface area contributed by atoms with Gasteiger partial charge in [0.25, 0.3) is 10.0 Å². The molecule has 2 aromatic heterocycles. The molecule has 0 aliphatic heterocycles. The molecule has 27 heavy (non-hydrogen) atoms. The summed E-state index contributed by atoms with van der Waals surface area (Å²) in [6.07, 6.45) is 0. The number of thiophene rings is 1. The van der Waals surface area contributed by atoms with E-state index in [-0.39, 0.29) is 9.77 Å². The third-order valence-electron chi connectivity index (χ3n) is 4.13. The lowest BCUT2D eigenvalue weighted by atomic mass is 10.1. The zero-order valence-electron chi connectivity index (χ0n) is 13.7. The molecule has 0 radical (unpaired) electrons. The summed E-state index contributed by atoms with van der Waals surface area (Å²) in [6.45, 7) is 0. The van der Waals surface area contributed by atoms with Crippen LogP contribution in [0.3, 0.4) is 0 Å². The average Bonchev–Trinajstić information content (AvgIpc) is 3.27. The van der Waals surface area contributed by atoms with E-state index in [1.54, 1.807) is 36.4 Å². The first kappa shape index (κ1) is 17.8. The number of halogens is 1. The molecule has 4 rings (SSSR count). The molecule has 5 nitrogen and oxygen atoms in total. The van der Waals surface area contributed by atoms with Crippen molar-refractivity contribution in [2.75, 3.05) is 0 Å². The van der Waals surface area contributed by atoms with Crippen molar-refractivity contribution >= 4 is 49.8 Å². The van der Waals surface area contributed by atoms with Gasteiger partial charge in [0.1, 0.15) is 9.77 Å². The molecule has 0 bridgehead atoms. The second-order valence-corrected chi connectivity index (χ2v) is 8.89. The van der Waals surface area contributed by atoms with Gasteiger partial charge in [0.15, 0.2) is 0 Å². The van der Waals surface area contributed by atoms with Crippen LogP contribution in [-0.4, -0.2) is 23.5 Å². The van der Waals surface area contributed by atoms with Gasteiger partial charge in [-0.15, -0.1) is 11.3 Å². The molecule has 4 aromatic rings. The first-order valence-corrected chi connectivity index (χ1v) is 10.5. The van der Waals surface area contributed by atoms with Crippen molar-refractivity contribution < 1.29 is 18.3 Å². The first-order valence-electron chi connectivity index (χ1n) is 7.82. The summed E-state index contributed by atoms with van der Waals surface area (Å²) in [7, 11) is -4.14. The van der Waals surface area contributed by atoms with Crippen LogP contribution in [0.1, 0.15) is 9.67 Å². The number of carboxylic acid groups (broad SMARTS) is 1. The molecule has 0 saturated carbocycles. The molecule has 0 aliphatic rings. The highest BCUT2D eigenvalue weighted by Crippen LogP contribution is 2.35. The number of aromatic carboxylic acids is 1. The molecule has 2 heterocycles. The van der Waals surface area contributed by atoms with Crippen LogP contribution in [0, 0.1) is 0 Å². The standard InChI is InChI=1S/C19H12ClNO4S2/c20-14-6-7-15-13(10-14)11-16(12-4-2-1-3-5-12)21(15)27(24,25)17-8-9-26-18(17)19(22)23/h1-11H,(H,22,23). The average molecular weight is 418 g/mol. The fourth-order valence-electron chi connectivity index (χ4n) is 2.98. The molecule has 0 unspecified atom stereocenters. The van der Waals surface area contributed by atoms with Crippen molar-refractivity contribution in [1.29, 1.82) is 0 Å². The Balaban J connectivity index is 2.08. The highest BCUT2D eigenvalue weighted by Gasteiger charge is 2.29. The fourth-order valence-corrected chi connectivity index (χ4v) is 5.94. The lowest BCUT2D eigenvalue weighted by Crippen LogP contribution is -2.16. The zero-order chi connectivity index (χ0) is 19.2. The largest absolute Gasteiger partial charge is 0.477 e. The number of benzene rings is 2. The normalized spacial score (nSPS) is 11.7. The van der Waals surface area contributed by atoms with Crippen molar-refractivity contribution in [3.63, 3.8) is 0 Å². The number of carbonyl (C=O) groups is 1. The molecule has 2 aromatic carbocycles. The van der Waals surface area contributed by atoms with Gasteiger partial charge in [0, 0.05) is 10.4 Å². The maximum absolute atomic E-state index is 13.4. The van der Waals surface area contributed by atoms with Gasteiger partial charge in [-0.1, -0.05) is 41.9 Å². The molecule has 0 fully saturated rings. The number of aromatic nitrogens is 1. The van der Waals surface area contributed by atoms with Gasteiger partial charge in [-0.2, -0.15) is 0 Å². The Bertz CT molecular complexity index is 1270. The summed E-state index contributed by atoms with van der Waals surface area (Å²) in [5.74, 6) is -1.27. The van der Waals surface area contributed by atoms with Crippen LogP contribution in [0.4, 0.5) is 0 Å². The summed E-state index contributed by atoms with van der Waals surface area (Å²) >= 11 is 6.95. The molecule has 0 saturated heterocycles. The van der Waals surface area contributed by atoms with E-state index in [0.717, 1.165) is 11.3 Å². The van der Waals surface area contributed by atoms with Crippen molar-refractivity contribution in [2.45, 2.75) is 4.90 Å². The molecule has 1 N–H and O–H groups in total. The van der Waals surface area contributed by atoms with Crippen LogP contribution in [0.2, 0.25) is 5.02 Å². The second-order valence-electron chi connectivity index (χ2n) is 5.79. The topological polar surface area (TPSA) is 76.4 Å². The summed E-state index contributed by atoms with van der Waals surface area (Å²) < 4.78 is 28.1. The Hall–Kier alpha value is -2.61. The SMILES string of the molecule is O=C(O)c1sccc1S(=O)(=O)n1c(-c2ccccc2)cc2cc(Cl)ccc21. The first-order chi connectivity index (χ1) is 12.9. The lowest BCUT2D eigenvalue weighted by molar-refractivity contribution is 0.0698. The van der Waals surface area contributed by atoms with Crippen LogP contribution < -0.4 is 0 Å². The molecule has 0 atom stereocenters. The Morgan fingerprint density at radius 2 is 1.78 bits per heavy atom. The van der Waals surface area contributed by atoms with Crippen LogP contribution in [0.15, 0.2) is 70.9 Å². The molecule has 8 heteroatoms. The van der Waals surface area contributed by atoms with Crippen molar-refractivity contribution in [1.82, 2.24) is 3.97 Å². The van der Waals surface area contributed by atoms with E-state index >= 15 is 0 Å². The number of hydrogen-bond acceptors (Lipinski definition) is 4. The summed E-state index contributed by atoms with van der Waals surface area (Å²) in [4.78, 5) is 11.0. The Morgan fingerprint density at radius 1 is 1.04 bits per heavy atom. The minimum Gasteiger partial charge on any atom is -0.477 e. The molecular formula is C19H12ClNO4S2. The van der Waals surface area contributed by atoms with E-state index in [9.17, 15) is 18.3 Å². The van der Waals surface area contributed by atoms with Crippen molar-refractivity contribution in [3.05, 3.63) is 75.9 Å². The molecule has 0 aliphatic carbocycles. The molecular weight excluding hydrogens is 406 g/mol. The molecule has 0 spiro atoms. The third kappa shape index (κ3) is 2.93. The fraction of sp³-hybridized carbons (Fsp3) is 0. The maximum atomic E-state index is 13.4. The lowest BCUT2D eigenvalue weighted by Gasteiger charge is -2.12. The maximum Gasteiger partial charge on any atom is 0.347 e. The van der Waals surface area contributed by atoms with Crippen LogP contribution in [0.25, 0.3) is 22.2 Å². The van der Waals surface area contributed by atoms with Crippen LogP contribution in [0.5, 0.6) is 0 Å². The van der Waals surface area contributed by atoms with Crippen molar-refractivity contribution in [2.24, 2.45) is 0 Å². The van der Waals surface area contributed by atoms with Gasteiger partial charge in [0.05, 0.1) is 11.2 Å². The van der Waals surface area contributed by atoms with Gasteiger partial charge in [-0.25, -0.2) is 17.2 Å². The Morgan fingerprint density at radius 3 is 2.48 bits per heavy atom. The molecule has 136 valence electrons. The van der Waals surface area contributed by atoms with Gasteiger partial charge in [0.2, 0.25) is 0 Å². The quantitative estimate of drug-likeness (QED) is 0.509. The third-order valence-corrected chi connectivity index (χ3v) is 7.17. The van der Waals surface area contributed by atoms with Crippen LogP contribution >= 0.6 is 22.9 Å². The Kier molecular flexibility index (Phi) is 4.30. The smallest absolute Gasteiger partial charge is 0.347 e. The number of carboxylic acids is 1. The van der Waals surface area contributed by atoms with Crippen LogP contribution in [-0.2, 0) is 10.0 Å². The minimum absolute atomic E-state index is 0.218. The Labute approximate surface area is 164 Å². The summed E-state index contributed by atoms with van der Waals surface area (Å²) in [5.41, 5.74) is 1.57. The monoisotopic (exact) mass is 417 g/mol. The number of fused-ring (bicyclic) bond motifs is 1. The highest BCUT2D eigenvalue weighted by molar-refractivity contribution is 7.90. The van der Waals surface area contributed by atoms with Gasteiger partial charge >= 0.3 is 5.97 Å². The predicted octanol–water partition coefficient (Wildman–Crippen LogP) is 4.96. The summed E-state index contributed by atoms with van der Waals surface area (Å²) in [6, 6.07) is 17.0. The van der Waals surface area contributed by atoms with E-state index in [1.807, 2.05) is 18.2 Å². The number of hydrogen-bond donors (Lipinski definition) is 1.